The van der Waals surface area contributed by atoms with Crippen LogP contribution in [-0.2, 0) is 19.6 Å². The van der Waals surface area contributed by atoms with Crippen LogP contribution < -0.4 is 10.5 Å². The van der Waals surface area contributed by atoms with E-state index in [1.165, 1.54) is 0 Å². The molecule has 8 heteroatoms. The van der Waals surface area contributed by atoms with E-state index >= 15 is 0 Å². The van der Waals surface area contributed by atoms with E-state index in [1.807, 2.05) is 0 Å². The molecule has 2 heterocycles. The van der Waals surface area contributed by atoms with E-state index < -0.39 is 15.6 Å². The topological polar surface area (TPSA) is 102 Å². The number of ether oxygens (including phenoxy) is 1. The highest BCUT2D eigenvalue weighted by Gasteiger charge is 2.40. The average Bonchev–Trinajstić information content (AvgIpc) is 2.37. The Bertz CT molecular complexity index is 459. The summed E-state index contributed by atoms with van der Waals surface area (Å²) in [5.74, 6) is -0.0826. The first-order valence-electron chi connectivity index (χ1n) is 6.93. The summed E-state index contributed by atoms with van der Waals surface area (Å²) in [5.41, 5.74) is 5.34. The van der Waals surface area contributed by atoms with Gasteiger partial charge in [0.15, 0.2) is 0 Å². The molecule has 0 aromatic rings. The monoisotopic (exact) mass is 305 g/mol. The number of amides is 1. The van der Waals surface area contributed by atoms with Crippen LogP contribution in [0.3, 0.4) is 0 Å². The lowest BCUT2D eigenvalue weighted by Crippen LogP contribution is -2.61. The van der Waals surface area contributed by atoms with Gasteiger partial charge in [-0.15, -0.1) is 0 Å². The Labute approximate surface area is 119 Å². The molecule has 0 aliphatic carbocycles. The largest absolute Gasteiger partial charge is 0.381 e. The number of carbonyl (C=O) groups excluding carboxylic acids is 1. The zero-order valence-electron chi connectivity index (χ0n) is 11.8. The van der Waals surface area contributed by atoms with Crippen molar-refractivity contribution in [2.45, 2.75) is 37.3 Å². The molecule has 116 valence electrons. The lowest BCUT2D eigenvalue weighted by Gasteiger charge is -2.40. The van der Waals surface area contributed by atoms with Gasteiger partial charge in [-0.1, -0.05) is 0 Å². The van der Waals surface area contributed by atoms with Gasteiger partial charge in [0, 0.05) is 32.3 Å². The van der Waals surface area contributed by atoms with Crippen molar-refractivity contribution >= 4 is 15.9 Å². The summed E-state index contributed by atoms with van der Waals surface area (Å²) >= 11 is 0. The standard InChI is InChI=1S/C12H23N3O4S/c1-20(17,18)14-10-3-2-6-15(9-10)11(16)12(13)4-7-19-8-5-12/h10,14H,2-9,13H2,1H3. The first-order valence-corrected chi connectivity index (χ1v) is 8.83. The van der Waals surface area contributed by atoms with Gasteiger partial charge < -0.3 is 15.4 Å². The number of piperidine rings is 1. The van der Waals surface area contributed by atoms with Crippen molar-refractivity contribution in [3.05, 3.63) is 0 Å². The van der Waals surface area contributed by atoms with Crippen LogP contribution in [0.15, 0.2) is 0 Å². The third-order valence-corrected chi connectivity index (χ3v) is 4.66. The van der Waals surface area contributed by atoms with Crippen LogP contribution in [0, 0.1) is 0 Å². The molecule has 1 amide bonds. The van der Waals surface area contributed by atoms with Crippen molar-refractivity contribution < 1.29 is 17.9 Å². The molecule has 2 aliphatic heterocycles. The van der Waals surface area contributed by atoms with E-state index in [9.17, 15) is 13.2 Å². The molecule has 0 aromatic carbocycles. The minimum Gasteiger partial charge on any atom is -0.381 e. The normalized spacial score (nSPS) is 27.3. The Morgan fingerprint density at radius 3 is 2.65 bits per heavy atom. The molecular weight excluding hydrogens is 282 g/mol. The number of likely N-dealkylation sites (tertiary alicyclic amines) is 1. The first kappa shape index (κ1) is 15.7. The smallest absolute Gasteiger partial charge is 0.242 e. The molecule has 2 fully saturated rings. The second-order valence-electron chi connectivity index (χ2n) is 5.75. The minimum atomic E-state index is -3.25. The number of hydrogen-bond donors (Lipinski definition) is 2. The summed E-state index contributed by atoms with van der Waals surface area (Å²) in [6, 6.07) is -0.217. The van der Waals surface area contributed by atoms with Crippen LogP contribution in [0.4, 0.5) is 0 Å². The molecular formula is C12H23N3O4S. The fraction of sp³-hybridized carbons (Fsp3) is 0.917. The first-order chi connectivity index (χ1) is 9.30. The van der Waals surface area contributed by atoms with Gasteiger partial charge in [-0.3, -0.25) is 4.79 Å². The molecule has 3 N–H and O–H groups in total. The number of sulfonamides is 1. The Balaban J connectivity index is 1.99. The van der Waals surface area contributed by atoms with Crippen molar-refractivity contribution in [1.82, 2.24) is 9.62 Å². The molecule has 20 heavy (non-hydrogen) atoms. The number of nitrogens with zero attached hydrogens (tertiary/aromatic N) is 1. The van der Waals surface area contributed by atoms with Gasteiger partial charge in [-0.25, -0.2) is 13.1 Å². The van der Waals surface area contributed by atoms with E-state index in [0.717, 1.165) is 19.1 Å². The maximum absolute atomic E-state index is 12.6. The highest BCUT2D eigenvalue weighted by Crippen LogP contribution is 2.23. The summed E-state index contributed by atoms with van der Waals surface area (Å²) in [6.45, 7) is 2.04. The summed E-state index contributed by atoms with van der Waals surface area (Å²) in [5, 5.41) is 0. The Hall–Kier alpha value is -0.700. The molecule has 1 unspecified atom stereocenters. The number of nitrogens with one attached hydrogen (secondary N) is 1. The highest BCUT2D eigenvalue weighted by atomic mass is 32.2. The van der Waals surface area contributed by atoms with Gasteiger partial charge in [0.2, 0.25) is 15.9 Å². The molecule has 0 saturated carbocycles. The third-order valence-electron chi connectivity index (χ3n) is 3.90. The number of rotatable bonds is 3. The van der Waals surface area contributed by atoms with Gasteiger partial charge in [0.25, 0.3) is 0 Å². The van der Waals surface area contributed by atoms with Gasteiger partial charge in [-0.05, 0) is 25.7 Å². The second kappa shape index (κ2) is 5.97. The van der Waals surface area contributed by atoms with Crippen LogP contribution in [-0.4, -0.2) is 63.4 Å². The second-order valence-corrected chi connectivity index (χ2v) is 7.53. The fourth-order valence-electron chi connectivity index (χ4n) is 2.82. The summed E-state index contributed by atoms with van der Waals surface area (Å²) in [7, 11) is -3.25. The highest BCUT2D eigenvalue weighted by molar-refractivity contribution is 7.88. The Morgan fingerprint density at radius 2 is 2.05 bits per heavy atom. The lowest BCUT2D eigenvalue weighted by atomic mass is 9.89. The molecule has 7 nitrogen and oxygen atoms in total. The predicted molar refractivity (Wildman–Crippen MR) is 74.6 cm³/mol. The van der Waals surface area contributed by atoms with Crippen LogP contribution in [0.25, 0.3) is 0 Å². The zero-order chi connectivity index (χ0) is 14.8. The van der Waals surface area contributed by atoms with Crippen molar-refractivity contribution in [1.29, 1.82) is 0 Å². The molecule has 1 atom stereocenters. The van der Waals surface area contributed by atoms with Crippen molar-refractivity contribution in [2.24, 2.45) is 5.73 Å². The quantitative estimate of drug-likeness (QED) is 0.699. The lowest BCUT2D eigenvalue weighted by molar-refractivity contribution is -0.141. The number of carbonyl (C=O) groups is 1. The molecule has 2 aliphatic rings. The van der Waals surface area contributed by atoms with Crippen LogP contribution >= 0.6 is 0 Å². The van der Waals surface area contributed by atoms with Gasteiger partial charge in [0.05, 0.1) is 11.8 Å². The van der Waals surface area contributed by atoms with Crippen LogP contribution in [0.2, 0.25) is 0 Å². The van der Waals surface area contributed by atoms with Crippen LogP contribution in [0.5, 0.6) is 0 Å². The molecule has 0 spiro atoms. The van der Waals surface area contributed by atoms with Gasteiger partial charge in [0.1, 0.15) is 0 Å². The summed E-state index contributed by atoms with van der Waals surface area (Å²) in [6.07, 6.45) is 3.71. The number of nitrogens with two attached hydrogens (primary N) is 1. The molecule has 2 rings (SSSR count). The van der Waals surface area contributed by atoms with Gasteiger partial charge >= 0.3 is 0 Å². The van der Waals surface area contributed by atoms with E-state index in [0.29, 0.717) is 39.1 Å². The molecule has 0 radical (unpaired) electrons. The Morgan fingerprint density at radius 1 is 1.40 bits per heavy atom. The average molecular weight is 305 g/mol. The van der Waals surface area contributed by atoms with Gasteiger partial charge in [-0.2, -0.15) is 0 Å². The molecule has 0 bridgehead atoms. The minimum absolute atomic E-state index is 0.0826. The van der Waals surface area contributed by atoms with Crippen molar-refractivity contribution in [3.63, 3.8) is 0 Å². The number of hydrogen-bond acceptors (Lipinski definition) is 5. The molecule has 0 aromatic heterocycles. The maximum Gasteiger partial charge on any atom is 0.242 e. The maximum atomic E-state index is 12.6. The summed E-state index contributed by atoms with van der Waals surface area (Å²) < 4.78 is 30.4. The Kier molecular flexibility index (Phi) is 4.68. The summed E-state index contributed by atoms with van der Waals surface area (Å²) in [4.78, 5) is 14.2. The van der Waals surface area contributed by atoms with E-state index in [-0.39, 0.29) is 11.9 Å². The van der Waals surface area contributed by atoms with Crippen molar-refractivity contribution in [3.8, 4) is 0 Å². The predicted octanol–water partition coefficient (Wildman–Crippen LogP) is -0.965. The zero-order valence-corrected chi connectivity index (χ0v) is 12.6. The third kappa shape index (κ3) is 3.91. The van der Waals surface area contributed by atoms with E-state index in [2.05, 4.69) is 4.72 Å². The molecule has 2 saturated heterocycles. The van der Waals surface area contributed by atoms with Crippen LogP contribution in [0.1, 0.15) is 25.7 Å². The van der Waals surface area contributed by atoms with Crippen molar-refractivity contribution in [2.75, 3.05) is 32.6 Å². The van der Waals surface area contributed by atoms with E-state index in [1.54, 1.807) is 4.90 Å². The SMILES string of the molecule is CS(=O)(=O)NC1CCCN(C(=O)C2(N)CCOCC2)C1. The fourth-order valence-corrected chi connectivity index (χ4v) is 3.62. The van der Waals surface area contributed by atoms with E-state index in [4.69, 9.17) is 10.5 Å².